The van der Waals surface area contributed by atoms with Gasteiger partial charge in [-0.2, -0.15) is 0 Å². The number of benzene rings is 1. The number of hydrogen-bond donors (Lipinski definition) is 2. The monoisotopic (exact) mass is 234 g/mol. The molecule has 1 aromatic rings. The fraction of sp³-hybridized carbons (Fsp3) is 0.571. The van der Waals surface area contributed by atoms with Crippen LogP contribution in [0.5, 0.6) is 0 Å². The minimum atomic E-state index is 0.0890. The minimum absolute atomic E-state index is 0.0890. The van der Waals surface area contributed by atoms with Gasteiger partial charge < -0.3 is 15.7 Å². The molecule has 0 unspecified atom stereocenters. The Kier molecular flexibility index (Phi) is 4.02. The van der Waals surface area contributed by atoms with Gasteiger partial charge in [0.1, 0.15) is 0 Å². The summed E-state index contributed by atoms with van der Waals surface area (Å²) in [4.78, 5) is 2.31. The number of aliphatic hydroxyl groups is 1. The molecule has 1 aromatic carbocycles. The molecule has 1 aliphatic carbocycles. The number of rotatable bonds is 6. The summed E-state index contributed by atoms with van der Waals surface area (Å²) in [5.74, 6) is 0. The lowest BCUT2D eigenvalue weighted by molar-refractivity contribution is 0.301. The van der Waals surface area contributed by atoms with Crippen molar-refractivity contribution >= 4 is 5.69 Å². The normalized spacial score (nSPS) is 16.9. The van der Waals surface area contributed by atoms with Crippen LogP contribution in [0.4, 0.5) is 5.69 Å². The van der Waals surface area contributed by atoms with Crippen LogP contribution in [0.3, 0.4) is 0 Å². The predicted octanol–water partition coefficient (Wildman–Crippen LogP) is 2.06. The van der Waals surface area contributed by atoms with E-state index in [2.05, 4.69) is 24.0 Å². The molecule has 0 amide bonds. The molecule has 17 heavy (non-hydrogen) atoms. The smallest absolute Gasteiger partial charge is 0.0606 e. The van der Waals surface area contributed by atoms with Crippen LogP contribution >= 0.6 is 0 Å². The van der Waals surface area contributed by atoms with Crippen molar-refractivity contribution in [2.24, 2.45) is 5.73 Å². The van der Waals surface area contributed by atoms with Crippen LogP contribution in [0.1, 0.15) is 37.8 Å². The molecule has 0 aromatic heterocycles. The fourth-order valence-electron chi connectivity index (χ4n) is 2.28. The van der Waals surface area contributed by atoms with Crippen molar-refractivity contribution in [3.63, 3.8) is 0 Å². The summed E-state index contributed by atoms with van der Waals surface area (Å²) in [6.45, 7) is 3.01. The van der Waals surface area contributed by atoms with Gasteiger partial charge in [-0.1, -0.05) is 25.1 Å². The van der Waals surface area contributed by atoms with Gasteiger partial charge in [0.2, 0.25) is 0 Å². The second-order valence-electron chi connectivity index (χ2n) is 4.72. The zero-order valence-corrected chi connectivity index (χ0v) is 10.5. The predicted molar refractivity (Wildman–Crippen MR) is 71.1 cm³/mol. The third-order valence-electron chi connectivity index (χ3n) is 3.41. The van der Waals surface area contributed by atoms with E-state index in [1.54, 1.807) is 0 Å². The number of hydrogen-bond acceptors (Lipinski definition) is 3. The summed E-state index contributed by atoms with van der Waals surface area (Å²) in [7, 11) is 0. The quantitative estimate of drug-likeness (QED) is 0.792. The highest BCUT2D eigenvalue weighted by Crippen LogP contribution is 2.35. The number of para-hydroxylation sites is 1. The van der Waals surface area contributed by atoms with Gasteiger partial charge in [-0.25, -0.2) is 0 Å². The molecule has 0 radical (unpaired) electrons. The van der Waals surface area contributed by atoms with E-state index >= 15 is 0 Å². The van der Waals surface area contributed by atoms with Gasteiger partial charge in [-0.05, 0) is 30.9 Å². The average molecular weight is 234 g/mol. The number of aliphatic hydroxyl groups excluding tert-OH is 1. The average Bonchev–Trinajstić information content (AvgIpc) is 3.19. The molecule has 94 valence electrons. The van der Waals surface area contributed by atoms with Gasteiger partial charge in [0.15, 0.2) is 0 Å². The molecule has 0 spiro atoms. The fourth-order valence-corrected chi connectivity index (χ4v) is 2.28. The van der Waals surface area contributed by atoms with E-state index < -0.39 is 0 Å². The SMILES string of the molecule is CC[C@@H](N)c1ccccc1N(CCO)C1CC1. The summed E-state index contributed by atoms with van der Waals surface area (Å²) in [5, 5.41) is 9.19. The van der Waals surface area contributed by atoms with E-state index in [1.807, 2.05) is 12.1 Å². The maximum Gasteiger partial charge on any atom is 0.0606 e. The van der Waals surface area contributed by atoms with Crippen molar-refractivity contribution in [1.82, 2.24) is 0 Å². The zero-order valence-electron chi connectivity index (χ0n) is 10.5. The van der Waals surface area contributed by atoms with Crippen LogP contribution in [-0.4, -0.2) is 24.3 Å². The second kappa shape index (κ2) is 5.52. The Morgan fingerprint density at radius 3 is 2.71 bits per heavy atom. The van der Waals surface area contributed by atoms with E-state index in [0.29, 0.717) is 12.6 Å². The molecule has 3 heteroatoms. The Bertz CT molecular complexity index is 363. The Hall–Kier alpha value is -1.06. The van der Waals surface area contributed by atoms with Crippen molar-refractivity contribution in [2.45, 2.75) is 38.3 Å². The van der Waals surface area contributed by atoms with Crippen molar-refractivity contribution in [3.05, 3.63) is 29.8 Å². The topological polar surface area (TPSA) is 49.5 Å². The van der Waals surface area contributed by atoms with Gasteiger partial charge in [0.05, 0.1) is 6.61 Å². The van der Waals surface area contributed by atoms with Crippen molar-refractivity contribution in [2.75, 3.05) is 18.1 Å². The van der Waals surface area contributed by atoms with E-state index in [4.69, 9.17) is 5.73 Å². The summed E-state index contributed by atoms with van der Waals surface area (Å²) in [6, 6.07) is 9.01. The molecule has 2 rings (SSSR count). The minimum Gasteiger partial charge on any atom is -0.395 e. The molecule has 0 heterocycles. The van der Waals surface area contributed by atoms with E-state index in [9.17, 15) is 5.11 Å². The third kappa shape index (κ3) is 2.79. The van der Waals surface area contributed by atoms with Gasteiger partial charge in [0.25, 0.3) is 0 Å². The Morgan fingerprint density at radius 1 is 1.41 bits per heavy atom. The first kappa shape index (κ1) is 12.4. The summed E-state index contributed by atoms with van der Waals surface area (Å²) in [6.07, 6.45) is 3.40. The van der Waals surface area contributed by atoms with Crippen molar-refractivity contribution < 1.29 is 5.11 Å². The van der Waals surface area contributed by atoms with Gasteiger partial charge in [-0.3, -0.25) is 0 Å². The Labute approximate surface area is 103 Å². The van der Waals surface area contributed by atoms with E-state index in [-0.39, 0.29) is 12.6 Å². The van der Waals surface area contributed by atoms with Crippen LogP contribution in [0.15, 0.2) is 24.3 Å². The molecule has 1 aliphatic rings. The highest BCUT2D eigenvalue weighted by atomic mass is 16.3. The molecular formula is C14H22N2O. The molecule has 0 bridgehead atoms. The molecule has 0 saturated heterocycles. The van der Waals surface area contributed by atoms with Crippen LogP contribution in [0.2, 0.25) is 0 Å². The molecule has 3 N–H and O–H groups in total. The van der Waals surface area contributed by atoms with Crippen LogP contribution in [-0.2, 0) is 0 Å². The lowest BCUT2D eigenvalue weighted by Crippen LogP contribution is -2.30. The van der Waals surface area contributed by atoms with Crippen LogP contribution in [0.25, 0.3) is 0 Å². The molecule has 1 fully saturated rings. The first-order chi connectivity index (χ1) is 8.27. The second-order valence-corrected chi connectivity index (χ2v) is 4.72. The first-order valence-electron chi connectivity index (χ1n) is 6.50. The summed E-state index contributed by atoms with van der Waals surface area (Å²) >= 11 is 0. The standard InChI is InChI=1S/C14H22N2O/c1-2-13(15)12-5-3-4-6-14(12)16(9-10-17)11-7-8-11/h3-6,11,13,17H,2,7-10,15H2,1H3/t13-/m1/s1. The molecule has 3 nitrogen and oxygen atoms in total. The van der Waals surface area contributed by atoms with E-state index in [0.717, 1.165) is 6.42 Å². The number of anilines is 1. The van der Waals surface area contributed by atoms with Gasteiger partial charge in [0, 0.05) is 24.3 Å². The van der Waals surface area contributed by atoms with Crippen LogP contribution < -0.4 is 10.6 Å². The largest absolute Gasteiger partial charge is 0.395 e. The highest BCUT2D eigenvalue weighted by molar-refractivity contribution is 5.56. The van der Waals surface area contributed by atoms with Gasteiger partial charge >= 0.3 is 0 Å². The van der Waals surface area contributed by atoms with Crippen molar-refractivity contribution in [1.29, 1.82) is 0 Å². The van der Waals surface area contributed by atoms with Gasteiger partial charge in [-0.15, -0.1) is 0 Å². The van der Waals surface area contributed by atoms with E-state index in [1.165, 1.54) is 24.1 Å². The highest BCUT2D eigenvalue weighted by Gasteiger charge is 2.30. The zero-order chi connectivity index (χ0) is 12.3. The lowest BCUT2D eigenvalue weighted by Gasteiger charge is -2.28. The number of nitrogens with zero attached hydrogens (tertiary/aromatic N) is 1. The lowest BCUT2D eigenvalue weighted by atomic mass is 10.0. The number of nitrogens with two attached hydrogens (primary N) is 1. The maximum atomic E-state index is 9.19. The molecule has 0 aliphatic heterocycles. The molecule has 1 atom stereocenters. The Balaban J connectivity index is 2.28. The Morgan fingerprint density at radius 2 is 2.12 bits per heavy atom. The van der Waals surface area contributed by atoms with Crippen molar-refractivity contribution in [3.8, 4) is 0 Å². The summed E-state index contributed by atoms with van der Waals surface area (Å²) < 4.78 is 0. The third-order valence-corrected chi connectivity index (χ3v) is 3.41. The summed E-state index contributed by atoms with van der Waals surface area (Å²) in [5.41, 5.74) is 8.57. The molecular weight excluding hydrogens is 212 g/mol. The first-order valence-corrected chi connectivity index (χ1v) is 6.50. The maximum absolute atomic E-state index is 9.19. The molecule has 1 saturated carbocycles. The van der Waals surface area contributed by atoms with Crippen LogP contribution in [0, 0.1) is 0 Å².